The SMILES string of the molecule is Cc1ccc(C(=N)N)c(Oc2ccc(F)cc2Br)n1. The summed E-state index contributed by atoms with van der Waals surface area (Å²) in [5, 5.41) is 7.49. The molecule has 1 aromatic heterocycles. The van der Waals surface area contributed by atoms with E-state index in [9.17, 15) is 4.39 Å². The van der Waals surface area contributed by atoms with Gasteiger partial charge < -0.3 is 10.5 Å². The molecule has 19 heavy (non-hydrogen) atoms. The number of nitrogens with two attached hydrogens (primary N) is 1. The highest BCUT2D eigenvalue weighted by Crippen LogP contribution is 2.30. The second-order valence-electron chi connectivity index (χ2n) is 3.90. The molecular formula is C13H11BrFN3O. The van der Waals surface area contributed by atoms with E-state index < -0.39 is 0 Å². The summed E-state index contributed by atoms with van der Waals surface area (Å²) in [6.45, 7) is 1.80. The van der Waals surface area contributed by atoms with Gasteiger partial charge in [0, 0.05) is 5.69 Å². The van der Waals surface area contributed by atoms with Gasteiger partial charge in [-0.1, -0.05) is 0 Å². The first-order valence-corrected chi connectivity index (χ1v) is 6.21. The number of hydrogen-bond acceptors (Lipinski definition) is 3. The van der Waals surface area contributed by atoms with E-state index in [4.69, 9.17) is 15.9 Å². The lowest BCUT2D eigenvalue weighted by Gasteiger charge is -2.11. The Morgan fingerprint density at radius 1 is 1.37 bits per heavy atom. The van der Waals surface area contributed by atoms with Crippen molar-refractivity contribution in [3.8, 4) is 11.6 Å². The van der Waals surface area contributed by atoms with E-state index in [-0.39, 0.29) is 17.5 Å². The van der Waals surface area contributed by atoms with Gasteiger partial charge in [-0.2, -0.15) is 0 Å². The number of nitrogen functional groups attached to an aromatic ring is 1. The van der Waals surface area contributed by atoms with Crippen LogP contribution in [0, 0.1) is 18.2 Å². The van der Waals surface area contributed by atoms with E-state index in [1.54, 1.807) is 19.1 Å². The van der Waals surface area contributed by atoms with Crippen LogP contribution in [0.3, 0.4) is 0 Å². The van der Waals surface area contributed by atoms with Gasteiger partial charge in [-0.15, -0.1) is 0 Å². The molecule has 1 heterocycles. The molecule has 6 heteroatoms. The van der Waals surface area contributed by atoms with Gasteiger partial charge in [0.1, 0.15) is 17.4 Å². The molecule has 0 aliphatic carbocycles. The van der Waals surface area contributed by atoms with Crippen molar-refractivity contribution < 1.29 is 9.13 Å². The van der Waals surface area contributed by atoms with Crippen LogP contribution in [0.25, 0.3) is 0 Å². The van der Waals surface area contributed by atoms with Crippen LogP contribution in [-0.4, -0.2) is 10.8 Å². The third kappa shape index (κ3) is 3.08. The fourth-order valence-corrected chi connectivity index (χ4v) is 1.91. The number of pyridine rings is 1. The number of aromatic nitrogens is 1. The molecule has 0 saturated carbocycles. The van der Waals surface area contributed by atoms with E-state index >= 15 is 0 Å². The summed E-state index contributed by atoms with van der Waals surface area (Å²) in [5.74, 6) is 0.116. The maximum Gasteiger partial charge on any atom is 0.230 e. The fraction of sp³-hybridized carbons (Fsp3) is 0.0769. The van der Waals surface area contributed by atoms with Gasteiger partial charge >= 0.3 is 0 Å². The van der Waals surface area contributed by atoms with Gasteiger partial charge in [0.05, 0.1) is 10.0 Å². The number of nitrogens with zero attached hydrogens (tertiary/aromatic N) is 1. The van der Waals surface area contributed by atoms with Crippen LogP contribution in [0.5, 0.6) is 11.6 Å². The molecular weight excluding hydrogens is 313 g/mol. The molecule has 98 valence electrons. The quantitative estimate of drug-likeness (QED) is 0.672. The van der Waals surface area contributed by atoms with Crippen molar-refractivity contribution in [1.29, 1.82) is 5.41 Å². The summed E-state index contributed by atoms with van der Waals surface area (Å²) >= 11 is 3.21. The van der Waals surface area contributed by atoms with Gasteiger partial charge in [-0.05, 0) is 53.2 Å². The minimum Gasteiger partial charge on any atom is -0.437 e. The normalized spacial score (nSPS) is 10.3. The number of ether oxygens (including phenoxy) is 1. The zero-order chi connectivity index (χ0) is 14.0. The predicted octanol–water partition coefficient (Wildman–Crippen LogP) is 3.37. The predicted molar refractivity (Wildman–Crippen MR) is 74.2 cm³/mol. The molecule has 4 nitrogen and oxygen atoms in total. The lowest BCUT2D eigenvalue weighted by molar-refractivity contribution is 0.456. The lowest BCUT2D eigenvalue weighted by atomic mass is 10.2. The largest absolute Gasteiger partial charge is 0.437 e. The summed E-state index contributed by atoms with van der Waals surface area (Å²) in [4.78, 5) is 4.20. The van der Waals surface area contributed by atoms with Crippen molar-refractivity contribution in [3.05, 3.63) is 51.9 Å². The van der Waals surface area contributed by atoms with Crippen LogP contribution in [-0.2, 0) is 0 Å². The lowest BCUT2D eigenvalue weighted by Crippen LogP contribution is -2.13. The Hall–Kier alpha value is -1.95. The van der Waals surface area contributed by atoms with Crippen molar-refractivity contribution in [2.45, 2.75) is 6.92 Å². The number of aryl methyl sites for hydroxylation is 1. The van der Waals surface area contributed by atoms with Crippen molar-refractivity contribution in [3.63, 3.8) is 0 Å². The molecule has 1 aromatic carbocycles. The molecule has 0 fully saturated rings. The maximum absolute atomic E-state index is 13.0. The number of rotatable bonds is 3. The molecule has 0 spiro atoms. The zero-order valence-corrected chi connectivity index (χ0v) is 11.7. The number of nitrogens with one attached hydrogen (secondary N) is 1. The Morgan fingerprint density at radius 3 is 2.74 bits per heavy atom. The van der Waals surface area contributed by atoms with Gasteiger partial charge in [-0.3, -0.25) is 5.41 Å². The number of amidine groups is 1. The highest BCUT2D eigenvalue weighted by atomic mass is 79.9. The summed E-state index contributed by atoms with van der Waals surface area (Å²) in [6, 6.07) is 7.45. The minimum absolute atomic E-state index is 0.138. The van der Waals surface area contributed by atoms with Gasteiger partial charge in [-0.25, -0.2) is 9.37 Å². The minimum atomic E-state index is -0.372. The van der Waals surface area contributed by atoms with Crippen molar-refractivity contribution in [2.75, 3.05) is 0 Å². The van der Waals surface area contributed by atoms with E-state index in [0.29, 0.717) is 15.8 Å². The Bertz CT molecular complexity index is 646. The molecule has 0 amide bonds. The molecule has 0 bridgehead atoms. The highest BCUT2D eigenvalue weighted by molar-refractivity contribution is 9.10. The fourth-order valence-electron chi connectivity index (χ4n) is 1.48. The zero-order valence-electron chi connectivity index (χ0n) is 10.1. The Morgan fingerprint density at radius 2 is 2.11 bits per heavy atom. The molecule has 3 N–H and O–H groups in total. The molecule has 2 rings (SSSR count). The summed E-state index contributed by atoms with van der Waals surface area (Å²) in [5.41, 5.74) is 6.60. The second-order valence-corrected chi connectivity index (χ2v) is 4.75. The molecule has 0 unspecified atom stereocenters. The van der Waals surface area contributed by atoms with Gasteiger partial charge in [0.15, 0.2) is 0 Å². The van der Waals surface area contributed by atoms with Crippen LogP contribution in [0.4, 0.5) is 4.39 Å². The maximum atomic E-state index is 13.0. The number of hydrogen-bond donors (Lipinski definition) is 2. The number of benzene rings is 1. The van der Waals surface area contributed by atoms with Crippen LogP contribution < -0.4 is 10.5 Å². The van der Waals surface area contributed by atoms with Crippen molar-refractivity contribution >= 4 is 21.8 Å². The molecule has 0 atom stereocenters. The van der Waals surface area contributed by atoms with Crippen LogP contribution in [0.15, 0.2) is 34.8 Å². The average molecular weight is 324 g/mol. The topological polar surface area (TPSA) is 72.0 Å². The van der Waals surface area contributed by atoms with E-state index in [1.165, 1.54) is 18.2 Å². The van der Waals surface area contributed by atoms with Crippen LogP contribution >= 0.6 is 15.9 Å². The third-order valence-corrected chi connectivity index (χ3v) is 3.01. The van der Waals surface area contributed by atoms with Crippen LogP contribution in [0.1, 0.15) is 11.3 Å². The van der Waals surface area contributed by atoms with Gasteiger partial charge in [0.25, 0.3) is 0 Å². The summed E-state index contributed by atoms with van der Waals surface area (Å²) in [7, 11) is 0. The van der Waals surface area contributed by atoms with E-state index in [1.807, 2.05) is 0 Å². The Balaban J connectivity index is 2.42. The first kappa shape index (κ1) is 13.5. The molecule has 0 aliphatic heterocycles. The van der Waals surface area contributed by atoms with Crippen LogP contribution in [0.2, 0.25) is 0 Å². The highest BCUT2D eigenvalue weighted by Gasteiger charge is 2.12. The smallest absolute Gasteiger partial charge is 0.230 e. The molecule has 0 saturated heterocycles. The van der Waals surface area contributed by atoms with Gasteiger partial charge in [0.2, 0.25) is 5.88 Å². The van der Waals surface area contributed by atoms with E-state index in [2.05, 4.69) is 20.9 Å². The van der Waals surface area contributed by atoms with E-state index in [0.717, 1.165) is 5.69 Å². The average Bonchev–Trinajstić information content (AvgIpc) is 2.32. The molecule has 0 radical (unpaired) electrons. The third-order valence-electron chi connectivity index (χ3n) is 2.39. The second kappa shape index (κ2) is 5.36. The number of halogens is 2. The van der Waals surface area contributed by atoms with Crippen molar-refractivity contribution in [1.82, 2.24) is 4.98 Å². The summed E-state index contributed by atoms with van der Waals surface area (Å²) < 4.78 is 19.1. The molecule has 2 aromatic rings. The first-order chi connectivity index (χ1) is 8.97. The van der Waals surface area contributed by atoms with Crippen molar-refractivity contribution in [2.24, 2.45) is 5.73 Å². The monoisotopic (exact) mass is 323 g/mol. The Kier molecular flexibility index (Phi) is 3.80. The first-order valence-electron chi connectivity index (χ1n) is 5.42. The summed E-state index contributed by atoms with van der Waals surface area (Å²) in [6.07, 6.45) is 0. The standard InChI is InChI=1S/C13H11BrFN3O/c1-7-2-4-9(12(16)17)13(18-7)19-11-5-3-8(15)6-10(11)14/h2-6H,1H3,(H3,16,17). The Labute approximate surface area is 118 Å². The molecule has 0 aliphatic rings.